The molecule has 2 rings (SSSR count). The minimum atomic E-state index is -0.473. The highest BCUT2D eigenvalue weighted by molar-refractivity contribution is 6.03. The Kier molecular flexibility index (Phi) is 4.55. The van der Waals surface area contributed by atoms with Crippen LogP contribution in [0, 0.1) is 0 Å². The van der Waals surface area contributed by atoms with E-state index < -0.39 is 5.97 Å². The van der Waals surface area contributed by atoms with E-state index in [1.165, 1.54) is 11.8 Å². The van der Waals surface area contributed by atoms with Crippen molar-refractivity contribution < 1.29 is 19.1 Å². The second-order valence-corrected chi connectivity index (χ2v) is 4.19. The van der Waals surface area contributed by atoms with Crippen LogP contribution in [0.2, 0.25) is 0 Å². The predicted molar refractivity (Wildman–Crippen MR) is 75.1 cm³/mol. The van der Waals surface area contributed by atoms with E-state index in [9.17, 15) is 9.59 Å². The number of rotatable bonds is 5. The van der Waals surface area contributed by atoms with Crippen molar-refractivity contribution in [1.82, 2.24) is 9.78 Å². The summed E-state index contributed by atoms with van der Waals surface area (Å²) < 4.78 is 11.2. The monoisotopic (exact) mass is 289 g/mol. The number of carbonyl (C=O) groups excluding carboxylic acids is 2. The first kappa shape index (κ1) is 14.6. The molecule has 2 aromatic rings. The van der Waals surface area contributed by atoms with Gasteiger partial charge >= 0.3 is 5.97 Å². The van der Waals surface area contributed by atoms with Crippen molar-refractivity contribution in [2.24, 2.45) is 7.05 Å². The van der Waals surface area contributed by atoms with Gasteiger partial charge in [-0.3, -0.25) is 9.48 Å². The molecule has 21 heavy (non-hydrogen) atoms. The number of carbonyl (C=O) groups is 2. The van der Waals surface area contributed by atoms with Gasteiger partial charge in [0.2, 0.25) is 0 Å². The van der Waals surface area contributed by atoms with Crippen molar-refractivity contribution in [3.8, 4) is 5.75 Å². The Hall–Kier alpha value is -2.83. The number of methoxy groups -OCH3 is 1. The molecule has 0 fully saturated rings. The molecule has 0 bridgehead atoms. The average Bonchev–Trinajstić information content (AvgIpc) is 2.91. The number of amides is 1. The normalized spacial score (nSPS) is 10.0. The maximum Gasteiger partial charge on any atom is 0.343 e. The van der Waals surface area contributed by atoms with Crippen LogP contribution < -0.4 is 10.1 Å². The van der Waals surface area contributed by atoms with Crippen molar-refractivity contribution in [2.75, 3.05) is 19.0 Å². The number of nitrogens with one attached hydrogen (secondary N) is 1. The Balaban J connectivity index is 2.02. The van der Waals surface area contributed by atoms with Crippen LogP contribution in [-0.2, 0) is 16.6 Å². The molecule has 0 atom stereocenters. The van der Waals surface area contributed by atoms with Crippen molar-refractivity contribution >= 4 is 17.6 Å². The molecule has 0 aliphatic rings. The first-order valence-corrected chi connectivity index (χ1v) is 6.19. The van der Waals surface area contributed by atoms with Gasteiger partial charge in [-0.1, -0.05) is 6.07 Å². The van der Waals surface area contributed by atoms with Gasteiger partial charge in [0.05, 0.1) is 7.11 Å². The molecule has 7 heteroatoms. The van der Waals surface area contributed by atoms with Crippen LogP contribution in [0.4, 0.5) is 5.69 Å². The maximum absolute atomic E-state index is 12.0. The molecular formula is C14H15N3O4. The highest BCUT2D eigenvalue weighted by Gasteiger charge is 2.10. The van der Waals surface area contributed by atoms with Crippen LogP contribution in [0.1, 0.15) is 10.5 Å². The molecular weight excluding hydrogens is 274 g/mol. The predicted octanol–water partition coefficient (Wildman–Crippen LogP) is 1.22. The maximum atomic E-state index is 12.0. The third-order valence-corrected chi connectivity index (χ3v) is 2.73. The summed E-state index contributed by atoms with van der Waals surface area (Å²) in [6.45, 7) is -0.185. The molecule has 1 aromatic carbocycles. The number of benzene rings is 1. The quantitative estimate of drug-likeness (QED) is 0.837. The Morgan fingerprint density at radius 3 is 2.81 bits per heavy atom. The van der Waals surface area contributed by atoms with E-state index in [4.69, 9.17) is 4.74 Å². The lowest BCUT2D eigenvalue weighted by atomic mass is 10.3. The van der Waals surface area contributed by atoms with E-state index in [2.05, 4.69) is 15.2 Å². The lowest BCUT2D eigenvalue weighted by Gasteiger charge is -2.08. The van der Waals surface area contributed by atoms with Crippen LogP contribution in [-0.4, -0.2) is 35.4 Å². The molecule has 0 radical (unpaired) electrons. The van der Waals surface area contributed by atoms with Crippen molar-refractivity contribution in [2.45, 2.75) is 0 Å². The summed E-state index contributed by atoms with van der Waals surface area (Å²) in [5, 5.41) is 6.67. The number of nitrogens with zero attached hydrogens (tertiary/aromatic N) is 2. The Bertz CT molecular complexity index is 651. The van der Waals surface area contributed by atoms with Crippen LogP contribution in [0.3, 0.4) is 0 Å². The number of aryl methyl sites for hydroxylation is 1. The van der Waals surface area contributed by atoms with Crippen LogP contribution in [0.15, 0.2) is 36.5 Å². The third-order valence-electron chi connectivity index (χ3n) is 2.73. The summed E-state index contributed by atoms with van der Waals surface area (Å²) >= 11 is 0. The molecule has 0 aliphatic carbocycles. The van der Waals surface area contributed by atoms with Crippen molar-refractivity contribution in [1.29, 1.82) is 0 Å². The molecule has 0 spiro atoms. The van der Waals surface area contributed by atoms with Crippen molar-refractivity contribution in [3.05, 3.63) is 42.2 Å². The second kappa shape index (κ2) is 6.56. The van der Waals surface area contributed by atoms with Gasteiger partial charge in [0.25, 0.3) is 5.91 Å². The zero-order valence-corrected chi connectivity index (χ0v) is 11.7. The molecule has 0 unspecified atom stereocenters. The topological polar surface area (TPSA) is 82.4 Å². The fourth-order valence-corrected chi connectivity index (χ4v) is 1.66. The molecule has 7 nitrogen and oxygen atoms in total. The zero-order chi connectivity index (χ0) is 15.2. The molecule has 0 saturated heterocycles. The Morgan fingerprint density at radius 1 is 1.33 bits per heavy atom. The fraction of sp³-hybridized carbons (Fsp3) is 0.214. The van der Waals surface area contributed by atoms with Gasteiger partial charge in [0.1, 0.15) is 11.4 Å². The summed E-state index contributed by atoms with van der Waals surface area (Å²) in [6.07, 6.45) is 1.55. The van der Waals surface area contributed by atoms with E-state index >= 15 is 0 Å². The minimum Gasteiger partial charge on any atom is -0.482 e. The van der Waals surface area contributed by atoms with Gasteiger partial charge in [-0.2, -0.15) is 5.10 Å². The number of ether oxygens (including phenoxy) is 2. The number of hydrogen-bond donors (Lipinski definition) is 1. The van der Waals surface area contributed by atoms with E-state index in [0.29, 0.717) is 17.1 Å². The van der Waals surface area contributed by atoms with Gasteiger partial charge in [-0.05, 0) is 18.2 Å². The molecule has 1 amide bonds. The highest BCUT2D eigenvalue weighted by atomic mass is 16.6. The second-order valence-electron chi connectivity index (χ2n) is 4.19. The van der Waals surface area contributed by atoms with E-state index in [0.717, 1.165) is 0 Å². The van der Waals surface area contributed by atoms with Crippen LogP contribution in [0.5, 0.6) is 5.75 Å². The first-order chi connectivity index (χ1) is 10.1. The van der Waals surface area contributed by atoms with Crippen molar-refractivity contribution in [3.63, 3.8) is 0 Å². The van der Waals surface area contributed by atoms with Gasteiger partial charge < -0.3 is 14.8 Å². The lowest BCUT2D eigenvalue weighted by molar-refractivity contribution is -0.142. The van der Waals surface area contributed by atoms with Gasteiger partial charge in [0.15, 0.2) is 6.61 Å². The number of anilines is 1. The Morgan fingerprint density at radius 2 is 2.14 bits per heavy atom. The summed E-state index contributed by atoms with van der Waals surface area (Å²) in [6, 6.07) is 8.36. The fourth-order valence-electron chi connectivity index (χ4n) is 1.66. The van der Waals surface area contributed by atoms with Crippen LogP contribution in [0.25, 0.3) is 0 Å². The standard InChI is InChI=1S/C14H15N3O4/c1-17-12(6-7-15-17)14(19)16-10-4-3-5-11(8-10)21-9-13(18)20-2/h3-8H,9H2,1-2H3,(H,16,19). The van der Waals surface area contributed by atoms with E-state index in [1.54, 1.807) is 43.6 Å². The molecule has 0 aliphatic heterocycles. The number of hydrogen-bond acceptors (Lipinski definition) is 5. The minimum absolute atomic E-state index is 0.185. The largest absolute Gasteiger partial charge is 0.482 e. The molecule has 110 valence electrons. The molecule has 0 saturated carbocycles. The number of esters is 1. The summed E-state index contributed by atoms with van der Waals surface area (Å²) in [5.74, 6) is -0.289. The molecule has 1 N–H and O–H groups in total. The summed E-state index contributed by atoms with van der Waals surface area (Å²) in [7, 11) is 2.97. The summed E-state index contributed by atoms with van der Waals surface area (Å²) in [5.41, 5.74) is 0.999. The van der Waals surface area contributed by atoms with E-state index in [-0.39, 0.29) is 12.5 Å². The van der Waals surface area contributed by atoms with Crippen LogP contribution >= 0.6 is 0 Å². The average molecular weight is 289 g/mol. The number of aromatic nitrogens is 2. The van der Waals surface area contributed by atoms with E-state index in [1.807, 2.05) is 0 Å². The highest BCUT2D eigenvalue weighted by Crippen LogP contribution is 2.18. The molecule has 1 heterocycles. The smallest absolute Gasteiger partial charge is 0.343 e. The van der Waals surface area contributed by atoms with Gasteiger partial charge in [0, 0.05) is 25.0 Å². The first-order valence-electron chi connectivity index (χ1n) is 6.19. The molecule has 1 aromatic heterocycles. The SMILES string of the molecule is COC(=O)COc1cccc(NC(=O)c2ccnn2C)c1. The summed E-state index contributed by atoms with van der Waals surface area (Å²) in [4.78, 5) is 23.0. The lowest BCUT2D eigenvalue weighted by Crippen LogP contribution is -2.16. The van der Waals surface area contributed by atoms with Gasteiger partial charge in [-0.25, -0.2) is 4.79 Å². The zero-order valence-electron chi connectivity index (χ0n) is 11.7. The Labute approximate surface area is 121 Å². The van der Waals surface area contributed by atoms with Gasteiger partial charge in [-0.15, -0.1) is 0 Å². The third kappa shape index (κ3) is 3.82.